The Labute approximate surface area is 127 Å². The molecule has 2 aliphatic rings. The molecular weight excluding hydrogens is 293 g/mol. The lowest BCUT2D eigenvalue weighted by atomic mass is 9.99. The Bertz CT molecular complexity index is 670. The van der Waals surface area contributed by atoms with E-state index in [1.165, 1.54) is 19.3 Å². The molecule has 0 bridgehead atoms. The highest BCUT2D eigenvalue weighted by atomic mass is 35.5. The van der Waals surface area contributed by atoms with Crippen LogP contribution in [0.5, 0.6) is 0 Å². The predicted molar refractivity (Wildman–Crippen MR) is 82.0 cm³/mol. The third-order valence-electron chi connectivity index (χ3n) is 4.76. The van der Waals surface area contributed by atoms with E-state index in [9.17, 15) is 0 Å². The van der Waals surface area contributed by atoms with Gasteiger partial charge in [0.1, 0.15) is 0 Å². The smallest absolute Gasteiger partial charge is 0.153 e. The molecule has 0 saturated heterocycles. The minimum atomic E-state index is 0.522. The van der Waals surface area contributed by atoms with Crippen molar-refractivity contribution in [1.29, 1.82) is 0 Å². The van der Waals surface area contributed by atoms with Crippen LogP contribution in [0.15, 0.2) is 18.2 Å². The molecule has 1 heterocycles. The molecule has 2 aromatic rings. The van der Waals surface area contributed by atoms with Crippen LogP contribution in [-0.4, -0.2) is 10.2 Å². The SMILES string of the molecule is Nc1n[nH]c(C2C3CCCC32)c1-c1ccc(Cl)cc1Cl. The molecule has 1 aromatic carbocycles. The molecule has 0 radical (unpaired) electrons. The lowest BCUT2D eigenvalue weighted by molar-refractivity contribution is 0.670. The second kappa shape index (κ2) is 4.40. The van der Waals surface area contributed by atoms with Crippen molar-refractivity contribution in [2.75, 3.05) is 5.73 Å². The Balaban J connectivity index is 1.80. The quantitative estimate of drug-likeness (QED) is 0.859. The number of nitrogens with two attached hydrogens (primary N) is 1. The minimum absolute atomic E-state index is 0.522. The molecule has 0 amide bonds. The van der Waals surface area contributed by atoms with Crippen LogP contribution < -0.4 is 5.73 Å². The van der Waals surface area contributed by atoms with Crippen molar-refractivity contribution in [3.63, 3.8) is 0 Å². The van der Waals surface area contributed by atoms with Gasteiger partial charge in [-0.05, 0) is 36.8 Å². The van der Waals surface area contributed by atoms with Crippen LogP contribution in [0.25, 0.3) is 11.1 Å². The van der Waals surface area contributed by atoms with Crippen molar-refractivity contribution >= 4 is 29.0 Å². The largest absolute Gasteiger partial charge is 0.382 e. The number of anilines is 1. The molecular formula is C15H15Cl2N3. The molecule has 3 nitrogen and oxygen atoms in total. The van der Waals surface area contributed by atoms with Gasteiger partial charge in [-0.25, -0.2) is 0 Å². The van der Waals surface area contributed by atoms with Crippen LogP contribution in [0.1, 0.15) is 30.9 Å². The fourth-order valence-corrected chi connectivity index (χ4v) is 4.34. The molecule has 2 aliphatic carbocycles. The highest BCUT2D eigenvalue weighted by molar-refractivity contribution is 6.36. The first-order valence-corrected chi connectivity index (χ1v) is 7.71. The van der Waals surface area contributed by atoms with Gasteiger partial charge in [0.2, 0.25) is 0 Å². The van der Waals surface area contributed by atoms with Crippen LogP contribution in [0.3, 0.4) is 0 Å². The lowest BCUT2D eigenvalue weighted by Crippen LogP contribution is -1.94. The van der Waals surface area contributed by atoms with E-state index in [-0.39, 0.29) is 0 Å². The lowest BCUT2D eigenvalue weighted by Gasteiger charge is -2.08. The van der Waals surface area contributed by atoms with Gasteiger partial charge in [-0.1, -0.05) is 35.7 Å². The summed E-state index contributed by atoms with van der Waals surface area (Å²) in [6.45, 7) is 0. The maximum atomic E-state index is 6.33. The van der Waals surface area contributed by atoms with E-state index < -0.39 is 0 Å². The van der Waals surface area contributed by atoms with E-state index >= 15 is 0 Å². The Kier molecular flexibility index (Phi) is 2.76. The van der Waals surface area contributed by atoms with Crippen molar-refractivity contribution in [1.82, 2.24) is 10.2 Å². The van der Waals surface area contributed by atoms with Gasteiger partial charge in [-0.15, -0.1) is 0 Å². The van der Waals surface area contributed by atoms with Gasteiger partial charge < -0.3 is 5.73 Å². The number of hydrogen-bond acceptors (Lipinski definition) is 2. The summed E-state index contributed by atoms with van der Waals surface area (Å²) in [5, 5.41) is 8.60. The van der Waals surface area contributed by atoms with Gasteiger partial charge in [0.05, 0.1) is 5.02 Å². The van der Waals surface area contributed by atoms with Gasteiger partial charge in [-0.3, -0.25) is 5.10 Å². The molecule has 3 N–H and O–H groups in total. The van der Waals surface area contributed by atoms with Crippen LogP contribution in [0, 0.1) is 11.8 Å². The van der Waals surface area contributed by atoms with Crippen molar-refractivity contribution < 1.29 is 0 Å². The molecule has 2 atom stereocenters. The zero-order chi connectivity index (χ0) is 13.9. The first kappa shape index (κ1) is 12.5. The average molecular weight is 308 g/mol. The Morgan fingerprint density at radius 3 is 2.65 bits per heavy atom. The van der Waals surface area contributed by atoms with Crippen LogP contribution in [-0.2, 0) is 0 Å². The topological polar surface area (TPSA) is 54.7 Å². The Morgan fingerprint density at radius 2 is 1.95 bits per heavy atom. The number of hydrogen-bond donors (Lipinski definition) is 2. The fraction of sp³-hybridized carbons (Fsp3) is 0.400. The summed E-state index contributed by atoms with van der Waals surface area (Å²) in [6.07, 6.45) is 4.00. The second-order valence-corrected chi connectivity index (χ2v) is 6.65. The highest BCUT2D eigenvalue weighted by Gasteiger charge is 2.54. The van der Waals surface area contributed by atoms with Gasteiger partial charge in [0, 0.05) is 27.8 Å². The van der Waals surface area contributed by atoms with Crippen molar-refractivity contribution in [2.45, 2.75) is 25.2 Å². The molecule has 4 rings (SSSR count). The van der Waals surface area contributed by atoms with Gasteiger partial charge >= 0.3 is 0 Å². The molecule has 20 heavy (non-hydrogen) atoms. The van der Waals surface area contributed by atoms with Gasteiger partial charge in [0.25, 0.3) is 0 Å². The van der Waals surface area contributed by atoms with E-state index in [4.69, 9.17) is 28.9 Å². The van der Waals surface area contributed by atoms with Gasteiger partial charge in [-0.2, -0.15) is 5.10 Å². The minimum Gasteiger partial charge on any atom is -0.382 e. The van der Waals surface area contributed by atoms with Crippen molar-refractivity contribution in [2.24, 2.45) is 11.8 Å². The number of H-pyrrole nitrogens is 1. The number of nitrogen functional groups attached to an aromatic ring is 1. The number of nitrogens with zero attached hydrogens (tertiary/aromatic N) is 1. The van der Waals surface area contributed by atoms with Crippen molar-refractivity contribution in [3.05, 3.63) is 33.9 Å². The highest BCUT2D eigenvalue weighted by Crippen LogP contribution is 2.64. The summed E-state index contributed by atoms with van der Waals surface area (Å²) in [6, 6.07) is 5.52. The van der Waals surface area contributed by atoms with Crippen LogP contribution in [0.2, 0.25) is 10.0 Å². The van der Waals surface area contributed by atoms with Crippen LogP contribution in [0.4, 0.5) is 5.82 Å². The molecule has 2 saturated carbocycles. The number of rotatable bonds is 2. The van der Waals surface area contributed by atoms with Gasteiger partial charge in [0.15, 0.2) is 5.82 Å². The standard InChI is InChI=1S/C15H15Cl2N3/c16-7-4-5-10(11(17)6-7)13-14(19-20-15(13)18)12-8-2-1-3-9(8)12/h4-6,8-9,12H,1-3H2,(H3,18,19,20). The zero-order valence-electron chi connectivity index (χ0n) is 10.9. The third kappa shape index (κ3) is 1.76. The fourth-order valence-electron chi connectivity index (χ4n) is 3.84. The first-order chi connectivity index (χ1) is 9.66. The number of nitrogens with one attached hydrogen (secondary N) is 1. The maximum Gasteiger partial charge on any atom is 0.153 e. The van der Waals surface area contributed by atoms with E-state index in [1.54, 1.807) is 6.07 Å². The number of halogens is 2. The van der Waals surface area contributed by atoms with E-state index in [0.29, 0.717) is 21.8 Å². The summed E-state index contributed by atoms with van der Waals surface area (Å²) in [4.78, 5) is 0. The first-order valence-electron chi connectivity index (χ1n) is 6.96. The Hall–Kier alpha value is -1.19. The van der Waals surface area contributed by atoms with Crippen LogP contribution >= 0.6 is 23.2 Å². The number of aromatic nitrogens is 2. The molecule has 0 spiro atoms. The van der Waals surface area contributed by atoms with E-state index in [0.717, 1.165) is 28.7 Å². The summed E-state index contributed by atoms with van der Waals surface area (Å²) >= 11 is 12.3. The molecule has 2 unspecified atom stereocenters. The van der Waals surface area contributed by atoms with E-state index in [1.807, 2.05) is 12.1 Å². The maximum absolute atomic E-state index is 6.33. The third-order valence-corrected chi connectivity index (χ3v) is 5.31. The van der Waals surface area contributed by atoms with Crippen molar-refractivity contribution in [3.8, 4) is 11.1 Å². The second-order valence-electron chi connectivity index (χ2n) is 5.81. The molecule has 5 heteroatoms. The molecule has 104 valence electrons. The Morgan fingerprint density at radius 1 is 1.20 bits per heavy atom. The number of fused-ring (bicyclic) bond motifs is 1. The normalized spacial score (nSPS) is 27.6. The monoisotopic (exact) mass is 307 g/mol. The molecule has 1 aromatic heterocycles. The molecule has 2 fully saturated rings. The summed E-state index contributed by atoms with van der Waals surface area (Å²) in [5.41, 5.74) is 9.10. The summed E-state index contributed by atoms with van der Waals surface area (Å²) in [5.74, 6) is 2.71. The number of benzene rings is 1. The summed E-state index contributed by atoms with van der Waals surface area (Å²) in [7, 11) is 0. The molecule has 0 aliphatic heterocycles. The zero-order valence-corrected chi connectivity index (χ0v) is 12.4. The predicted octanol–water partition coefficient (Wildman–Crippen LogP) is 4.48. The summed E-state index contributed by atoms with van der Waals surface area (Å²) < 4.78 is 0. The average Bonchev–Trinajstić information content (AvgIpc) is 2.76. The number of aromatic amines is 1. The van der Waals surface area contributed by atoms with E-state index in [2.05, 4.69) is 10.2 Å².